The number of hydrogen-bond acceptors (Lipinski definition) is 4. The molecule has 0 radical (unpaired) electrons. The van der Waals surface area contributed by atoms with Crippen molar-refractivity contribution < 1.29 is 9.15 Å². The van der Waals surface area contributed by atoms with Crippen LogP contribution in [-0.2, 0) is 13.1 Å². The molecule has 1 N–H and O–H groups in total. The van der Waals surface area contributed by atoms with Crippen molar-refractivity contribution in [3.8, 4) is 5.75 Å². The van der Waals surface area contributed by atoms with Crippen LogP contribution >= 0.6 is 11.3 Å². The quantitative estimate of drug-likeness (QED) is 0.846. The summed E-state index contributed by atoms with van der Waals surface area (Å²) in [6, 6.07) is 5.83. The molecule has 2 aromatic heterocycles. The normalized spacial score (nSPS) is 10.5. The first kappa shape index (κ1) is 10.3. The molecule has 0 saturated heterocycles. The van der Waals surface area contributed by atoms with E-state index in [1.807, 2.05) is 23.6 Å². The molecule has 80 valence electrons. The van der Waals surface area contributed by atoms with Crippen molar-refractivity contribution in [2.75, 3.05) is 7.11 Å². The van der Waals surface area contributed by atoms with Gasteiger partial charge in [0.05, 0.1) is 24.8 Å². The van der Waals surface area contributed by atoms with Crippen LogP contribution in [0.4, 0.5) is 0 Å². The predicted octanol–water partition coefficient (Wildman–Crippen LogP) is 2.64. The van der Waals surface area contributed by atoms with Gasteiger partial charge < -0.3 is 14.5 Å². The van der Waals surface area contributed by atoms with Crippen LogP contribution in [0.25, 0.3) is 0 Å². The van der Waals surface area contributed by atoms with Crippen LogP contribution < -0.4 is 10.1 Å². The van der Waals surface area contributed by atoms with Crippen LogP contribution in [0.3, 0.4) is 0 Å². The van der Waals surface area contributed by atoms with E-state index in [0.29, 0.717) is 0 Å². The van der Waals surface area contributed by atoms with E-state index in [2.05, 4.69) is 5.32 Å². The Morgan fingerprint density at radius 2 is 2.33 bits per heavy atom. The molecular weight excluding hydrogens is 210 g/mol. The van der Waals surface area contributed by atoms with E-state index in [0.717, 1.165) is 24.6 Å². The largest absolute Gasteiger partial charge is 0.496 e. The first-order valence-electron chi connectivity index (χ1n) is 4.73. The van der Waals surface area contributed by atoms with Crippen molar-refractivity contribution in [3.63, 3.8) is 0 Å². The van der Waals surface area contributed by atoms with Gasteiger partial charge in [0.2, 0.25) is 0 Å². The van der Waals surface area contributed by atoms with E-state index < -0.39 is 0 Å². The fourth-order valence-electron chi connectivity index (χ4n) is 1.35. The Labute approximate surface area is 92.7 Å². The van der Waals surface area contributed by atoms with Gasteiger partial charge in [0.15, 0.2) is 0 Å². The van der Waals surface area contributed by atoms with Crippen LogP contribution in [0.5, 0.6) is 5.75 Å². The first-order chi connectivity index (χ1) is 7.40. The maximum atomic E-state index is 5.22. The van der Waals surface area contributed by atoms with Crippen LogP contribution in [0, 0.1) is 0 Å². The minimum Gasteiger partial charge on any atom is -0.496 e. The highest BCUT2D eigenvalue weighted by Crippen LogP contribution is 2.23. The van der Waals surface area contributed by atoms with Gasteiger partial charge in [-0.1, -0.05) is 0 Å². The van der Waals surface area contributed by atoms with Gasteiger partial charge in [-0.05, 0) is 23.6 Å². The highest BCUT2D eigenvalue weighted by Gasteiger charge is 2.03. The van der Waals surface area contributed by atoms with Crippen LogP contribution in [0.2, 0.25) is 0 Å². The van der Waals surface area contributed by atoms with E-state index in [9.17, 15) is 0 Å². The fourth-order valence-corrected chi connectivity index (χ4v) is 2.16. The second-order valence-electron chi connectivity index (χ2n) is 3.10. The Morgan fingerprint density at radius 3 is 3.07 bits per heavy atom. The summed E-state index contributed by atoms with van der Waals surface area (Å²) < 4.78 is 10.4. The lowest BCUT2D eigenvalue weighted by atomic mass is 10.4. The third kappa shape index (κ3) is 2.61. The molecule has 0 atom stereocenters. The number of thiophene rings is 1. The molecule has 0 aromatic carbocycles. The summed E-state index contributed by atoms with van der Waals surface area (Å²) in [5.41, 5.74) is 0. The van der Waals surface area contributed by atoms with Crippen molar-refractivity contribution in [2.45, 2.75) is 13.1 Å². The lowest BCUT2D eigenvalue weighted by Gasteiger charge is -2.03. The number of rotatable bonds is 5. The standard InChI is InChI=1S/C11H13NO2S/c1-13-10-4-6-15-11(10)8-12-7-9-3-2-5-14-9/h2-6,12H,7-8H2,1H3. The molecule has 0 aliphatic heterocycles. The minimum atomic E-state index is 0.744. The summed E-state index contributed by atoms with van der Waals surface area (Å²) in [6.07, 6.45) is 1.68. The highest BCUT2D eigenvalue weighted by atomic mass is 32.1. The molecule has 4 heteroatoms. The maximum absolute atomic E-state index is 5.22. The van der Waals surface area contributed by atoms with E-state index in [1.165, 1.54) is 4.88 Å². The highest BCUT2D eigenvalue weighted by molar-refractivity contribution is 7.10. The van der Waals surface area contributed by atoms with Crippen LogP contribution in [0.1, 0.15) is 10.6 Å². The number of nitrogens with one attached hydrogen (secondary N) is 1. The third-order valence-corrected chi connectivity index (χ3v) is 2.99. The molecule has 0 amide bonds. The van der Waals surface area contributed by atoms with E-state index in [1.54, 1.807) is 24.7 Å². The topological polar surface area (TPSA) is 34.4 Å². The lowest BCUT2D eigenvalue weighted by molar-refractivity contribution is 0.409. The van der Waals surface area contributed by atoms with Crippen molar-refractivity contribution in [2.24, 2.45) is 0 Å². The smallest absolute Gasteiger partial charge is 0.134 e. The molecule has 3 nitrogen and oxygen atoms in total. The zero-order chi connectivity index (χ0) is 10.5. The Kier molecular flexibility index (Phi) is 3.42. The van der Waals surface area contributed by atoms with Gasteiger partial charge in [-0.15, -0.1) is 11.3 Å². The summed E-state index contributed by atoms with van der Waals surface area (Å²) in [5, 5.41) is 5.33. The Bertz CT molecular complexity index is 394. The summed E-state index contributed by atoms with van der Waals surface area (Å²) in [6.45, 7) is 1.55. The third-order valence-electron chi connectivity index (χ3n) is 2.09. The molecule has 0 fully saturated rings. The maximum Gasteiger partial charge on any atom is 0.134 e. The van der Waals surface area contributed by atoms with Crippen molar-refractivity contribution in [3.05, 3.63) is 40.5 Å². The molecule has 2 rings (SSSR count). The second kappa shape index (κ2) is 5.00. The van der Waals surface area contributed by atoms with E-state index >= 15 is 0 Å². The zero-order valence-corrected chi connectivity index (χ0v) is 9.34. The molecule has 2 heterocycles. The summed E-state index contributed by atoms with van der Waals surface area (Å²) in [5.74, 6) is 1.90. The Hall–Kier alpha value is -1.26. The van der Waals surface area contributed by atoms with Gasteiger partial charge in [-0.3, -0.25) is 0 Å². The zero-order valence-electron chi connectivity index (χ0n) is 8.53. The molecule has 0 aliphatic rings. The van der Waals surface area contributed by atoms with E-state index in [-0.39, 0.29) is 0 Å². The van der Waals surface area contributed by atoms with E-state index in [4.69, 9.17) is 9.15 Å². The van der Waals surface area contributed by atoms with Crippen LogP contribution in [-0.4, -0.2) is 7.11 Å². The second-order valence-corrected chi connectivity index (χ2v) is 4.10. The first-order valence-corrected chi connectivity index (χ1v) is 5.61. The van der Waals surface area contributed by atoms with Gasteiger partial charge in [-0.2, -0.15) is 0 Å². The van der Waals surface area contributed by atoms with Crippen LogP contribution in [0.15, 0.2) is 34.3 Å². The van der Waals surface area contributed by atoms with Gasteiger partial charge in [0, 0.05) is 6.54 Å². The predicted molar refractivity (Wildman–Crippen MR) is 60.1 cm³/mol. The molecule has 0 spiro atoms. The molecule has 0 unspecified atom stereocenters. The van der Waals surface area contributed by atoms with Crippen molar-refractivity contribution >= 4 is 11.3 Å². The average Bonchev–Trinajstić information content (AvgIpc) is 2.88. The van der Waals surface area contributed by atoms with Gasteiger partial charge in [0.25, 0.3) is 0 Å². The fraction of sp³-hybridized carbons (Fsp3) is 0.273. The minimum absolute atomic E-state index is 0.744. The number of hydrogen-bond donors (Lipinski definition) is 1. The Morgan fingerprint density at radius 1 is 1.40 bits per heavy atom. The van der Waals surface area contributed by atoms with Crippen molar-refractivity contribution in [1.82, 2.24) is 5.32 Å². The SMILES string of the molecule is COc1ccsc1CNCc1ccco1. The molecule has 15 heavy (non-hydrogen) atoms. The molecular formula is C11H13NO2S. The molecule has 0 bridgehead atoms. The van der Waals surface area contributed by atoms with Gasteiger partial charge in [0.1, 0.15) is 11.5 Å². The Balaban J connectivity index is 1.83. The van der Waals surface area contributed by atoms with Gasteiger partial charge >= 0.3 is 0 Å². The molecule has 0 aliphatic carbocycles. The summed E-state index contributed by atoms with van der Waals surface area (Å²) in [7, 11) is 1.69. The number of furan rings is 1. The number of methoxy groups -OCH3 is 1. The summed E-state index contributed by atoms with van der Waals surface area (Å²) >= 11 is 1.69. The summed E-state index contributed by atoms with van der Waals surface area (Å²) in [4.78, 5) is 1.21. The van der Waals surface area contributed by atoms with Crippen molar-refractivity contribution in [1.29, 1.82) is 0 Å². The van der Waals surface area contributed by atoms with Gasteiger partial charge in [-0.25, -0.2) is 0 Å². The lowest BCUT2D eigenvalue weighted by Crippen LogP contribution is -2.11. The molecule has 0 saturated carbocycles. The monoisotopic (exact) mass is 223 g/mol. The average molecular weight is 223 g/mol. The number of ether oxygens (including phenoxy) is 1. The molecule has 2 aromatic rings.